The molecule has 0 atom stereocenters. The highest BCUT2D eigenvalue weighted by atomic mass is 32.2. The molecule has 0 fully saturated rings. The lowest BCUT2D eigenvalue weighted by Gasteiger charge is -2.14. The molecular formula is C26H29N9O4S. The fourth-order valence-corrected chi connectivity index (χ4v) is 4.11. The summed E-state index contributed by atoms with van der Waals surface area (Å²) in [6.45, 7) is 5.94. The van der Waals surface area contributed by atoms with Crippen LogP contribution in [-0.2, 0) is 15.4 Å². The average molecular weight is 564 g/mol. The molecule has 40 heavy (non-hydrogen) atoms. The third-order valence-electron chi connectivity index (χ3n) is 5.50. The van der Waals surface area contributed by atoms with Crippen LogP contribution in [0.5, 0.6) is 0 Å². The van der Waals surface area contributed by atoms with Crippen LogP contribution in [0.1, 0.15) is 37.7 Å². The predicted octanol–water partition coefficient (Wildman–Crippen LogP) is 4.52. The fourth-order valence-electron chi connectivity index (χ4n) is 3.54. The zero-order valence-electron chi connectivity index (χ0n) is 22.2. The number of anilines is 6. The minimum absolute atomic E-state index is 0.0453. The van der Waals surface area contributed by atoms with Gasteiger partial charge in [-0.15, -0.1) is 0 Å². The number of aromatic nitrogens is 3. The van der Waals surface area contributed by atoms with Crippen molar-refractivity contribution < 1.29 is 17.7 Å². The SMILES string of the molecule is CC(C)(C)c1cc(NC(=O)Nc2ccc(Nc3ncnc(N)c3C(=N)c3ccc(NS(C)(=O)=O)cc3)cc2)no1. The minimum atomic E-state index is -3.43. The molecule has 13 nitrogen and oxygen atoms in total. The Morgan fingerprint density at radius 1 is 0.950 bits per heavy atom. The van der Waals surface area contributed by atoms with Gasteiger partial charge in [0, 0.05) is 34.1 Å². The van der Waals surface area contributed by atoms with Crippen LogP contribution in [0.4, 0.5) is 39.3 Å². The van der Waals surface area contributed by atoms with Crippen LogP contribution >= 0.6 is 0 Å². The third kappa shape index (κ3) is 7.11. The summed E-state index contributed by atoms with van der Waals surface area (Å²) in [5.41, 5.74) is 8.19. The van der Waals surface area contributed by atoms with Crippen LogP contribution in [0.25, 0.3) is 0 Å². The molecule has 4 rings (SSSR count). The minimum Gasteiger partial charge on any atom is -0.383 e. The Morgan fingerprint density at radius 2 is 1.57 bits per heavy atom. The van der Waals surface area contributed by atoms with Gasteiger partial charge in [-0.25, -0.2) is 23.2 Å². The van der Waals surface area contributed by atoms with Crippen molar-refractivity contribution in [2.75, 3.05) is 32.7 Å². The number of nitrogens with two attached hydrogens (primary N) is 1. The van der Waals surface area contributed by atoms with Gasteiger partial charge in [-0.2, -0.15) is 0 Å². The lowest BCUT2D eigenvalue weighted by Crippen LogP contribution is -2.19. The van der Waals surface area contributed by atoms with E-state index < -0.39 is 16.1 Å². The molecule has 2 aromatic heterocycles. The van der Waals surface area contributed by atoms with E-state index in [2.05, 4.69) is 35.8 Å². The number of amides is 2. The molecule has 2 heterocycles. The van der Waals surface area contributed by atoms with Crippen LogP contribution < -0.4 is 26.4 Å². The van der Waals surface area contributed by atoms with Crippen molar-refractivity contribution in [1.82, 2.24) is 15.1 Å². The van der Waals surface area contributed by atoms with Crippen molar-refractivity contribution in [3.8, 4) is 0 Å². The quantitative estimate of drug-likeness (QED) is 0.167. The molecule has 0 bridgehead atoms. The first kappa shape index (κ1) is 28.0. The van der Waals surface area contributed by atoms with Crippen molar-refractivity contribution in [3.63, 3.8) is 0 Å². The molecule has 2 amide bonds. The fraction of sp³-hybridized carbons (Fsp3) is 0.192. The van der Waals surface area contributed by atoms with Gasteiger partial charge >= 0.3 is 6.03 Å². The molecule has 0 saturated heterocycles. The van der Waals surface area contributed by atoms with E-state index >= 15 is 0 Å². The Bertz CT molecular complexity index is 1640. The van der Waals surface area contributed by atoms with Crippen LogP contribution in [0, 0.1) is 5.41 Å². The molecule has 4 aromatic rings. The van der Waals surface area contributed by atoms with Gasteiger partial charge in [0.2, 0.25) is 10.0 Å². The Hall–Kier alpha value is -4.98. The molecule has 0 radical (unpaired) electrons. The Kier molecular flexibility index (Phi) is 7.72. The summed E-state index contributed by atoms with van der Waals surface area (Å²) in [5, 5.41) is 21.1. The molecule has 2 aromatic carbocycles. The zero-order chi connectivity index (χ0) is 29.1. The van der Waals surface area contributed by atoms with E-state index in [1.807, 2.05) is 20.8 Å². The lowest BCUT2D eigenvalue weighted by molar-refractivity contribution is 0.262. The maximum absolute atomic E-state index is 12.4. The predicted molar refractivity (Wildman–Crippen MR) is 155 cm³/mol. The number of urea groups is 1. The highest BCUT2D eigenvalue weighted by molar-refractivity contribution is 7.92. The van der Waals surface area contributed by atoms with Gasteiger partial charge < -0.3 is 20.9 Å². The van der Waals surface area contributed by atoms with E-state index in [-0.39, 0.29) is 22.5 Å². The topological polar surface area (TPSA) is 201 Å². The number of nitrogens with one attached hydrogen (secondary N) is 5. The van der Waals surface area contributed by atoms with Crippen LogP contribution in [0.2, 0.25) is 0 Å². The Labute approximate surface area is 231 Å². The van der Waals surface area contributed by atoms with Crippen LogP contribution in [0.3, 0.4) is 0 Å². The van der Waals surface area contributed by atoms with Gasteiger partial charge in [0.25, 0.3) is 0 Å². The summed E-state index contributed by atoms with van der Waals surface area (Å²) in [4.78, 5) is 20.7. The van der Waals surface area contributed by atoms with E-state index in [1.54, 1.807) is 54.6 Å². The largest absolute Gasteiger partial charge is 0.383 e. The van der Waals surface area contributed by atoms with Gasteiger partial charge in [-0.1, -0.05) is 38.1 Å². The van der Waals surface area contributed by atoms with E-state index in [0.717, 1.165) is 6.26 Å². The molecule has 14 heteroatoms. The summed E-state index contributed by atoms with van der Waals surface area (Å²) in [5.74, 6) is 1.35. The van der Waals surface area contributed by atoms with Crippen molar-refractivity contribution >= 4 is 56.3 Å². The number of hydrogen-bond acceptors (Lipinski definition) is 10. The number of carbonyl (C=O) groups excluding carboxylic acids is 1. The van der Waals surface area contributed by atoms with E-state index in [9.17, 15) is 13.2 Å². The average Bonchev–Trinajstić information content (AvgIpc) is 3.34. The third-order valence-corrected chi connectivity index (χ3v) is 6.11. The normalized spacial score (nSPS) is 11.5. The Morgan fingerprint density at radius 3 is 2.17 bits per heavy atom. The summed E-state index contributed by atoms with van der Waals surface area (Å²) >= 11 is 0. The van der Waals surface area contributed by atoms with Crippen molar-refractivity contribution in [3.05, 3.63) is 77.8 Å². The maximum atomic E-state index is 12.4. The first-order valence-electron chi connectivity index (χ1n) is 12.0. The molecular weight excluding hydrogens is 534 g/mol. The summed E-state index contributed by atoms with van der Waals surface area (Å²) in [7, 11) is -3.43. The van der Waals surface area contributed by atoms with Crippen molar-refractivity contribution in [2.24, 2.45) is 0 Å². The van der Waals surface area contributed by atoms with E-state index in [4.69, 9.17) is 15.7 Å². The van der Waals surface area contributed by atoms with Crippen molar-refractivity contribution in [1.29, 1.82) is 5.41 Å². The maximum Gasteiger partial charge on any atom is 0.324 e. The first-order valence-corrected chi connectivity index (χ1v) is 13.9. The molecule has 0 unspecified atom stereocenters. The van der Waals surface area contributed by atoms with Gasteiger partial charge in [0.15, 0.2) is 5.82 Å². The highest BCUT2D eigenvalue weighted by Gasteiger charge is 2.20. The number of nitrogen functional groups attached to an aromatic ring is 1. The monoisotopic (exact) mass is 563 g/mol. The van der Waals surface area contributed by atoms with E-state index in [1.165, 1.54) is 6.33 Å². The second kappa shape index (κ2) is 11.0. The summed E-state index contributed by atoms with van der Waals surface area (Å²) in [6.07, 6.45) is 2.34. The van der Waals surface area contributed by atoms with Crippen molar-refractivity contribution in [2.45, 2.75) is 26.2 Å². The second-order valence-electron chi connectivity index (χ2n) is 9.92. The first-order chi connectivity index (χ1) is 18.8. The van der Waals surface area contributed by atoms with Crippen LogP contribution in [-0.4, -0.2) is 41.5 Å². The lowest BCUT2D eigenvalue weighted by atomic mass is 9.93. The van der Waals surface area contributed by atoms with Gasteiger partial charge in [-0.05, 0) is 36.4 Å². The standard InChI is InChI=1S/C26H29N9O4S/c1-26(2,3)19-13-20(34-39-19)33-25(36)32-17-11-9-16(10-12-17)31-24-21(23(28)29-14-30-24)22(27)15-5-7-18(8-6-15)35-40(4,37)38/h5-14,27,35H,1-4H3,(H3,28,29,30,31)(H2,32,33,34,36). The van der Waals surface area contributed by atoms with Gasteiger partial charge in [0.05, 0.1) is 17.5 Å². The van der Waals surface area contributed by atoms with E-state index in [0.29, 0.717) is 40.0 Å². The van der Waals surface area contributed by atoms with Gasteiger partial charge in [-0.3, -0.25) is 15.4 Å². The van der Waals surface area contributed by atoms with Crippen LogP contribution in [0.15, 0.2) is 65.4 Å². The number of hydrogen-bond donors (Lipinski definition) is 6. The Balaban J connectivity index is 1.44. The number of rotatable bonds is 8. The molecule has 0 aliphatic carbocycles. The second-order valence-corrected chi connectivity index (χ2v) is 11.7. The number of nitrogens with zero attached hydrogens (tertiary/aromatic N) is 3. The molecule has 0 saturated carbocycles. The summed E-state index contributed by atoms with van der Waals surface area (Å²) in [6, 6.07) is 14.3. The van der Waals surface area contributed by atoms with Gasteiger partial charge in [0.1, 0.15) is 23.7 Å². The molecule has 0 aliphatic rings. The molecule has 0 spiro atoms. The molecule has 0 aliphatic heterocycles. The molecule has 7 N–H and O–H groups in total. The molecule has 208 valence electrons. The smallest absolute Gasteiger partial charge is 0.324 e. The summed E-state index contributed by atoms with van der Waals surface area (Å²) < 4.78 is 30.6. The number of sulfonamides is 1. The number of benzene rings is 2. The highest BCUT2D eigenvalue weighted by Crippen LogP contribution is 2.27. The zero-order valence-corrected chi connectivity index (χ0v) is 23.1. The number of carbonyl (C=O) groups is 1.